The molecule has 1 aliphatic rings. The van der Waals surface area contributed by atoms with Gasteiger partial charge in [0.05, 0.1) is 5.69 Å². The third-order valence-electron chi connectivity index (χ3n) is 2.91. The number of aliphatic hydroxyl groups excluding tert-OH is 1. The predicted octanol–water partition coefficient (Wildman–Crippen LogP) is 2.23. The molecule has 0 aliphatic carbocycles. The Balaban J connectivity index is 2.16. The van der Waals surface area contributed by atoms with Crippen molar-refractivity contribution in [3.8, 4) is 0 Å². The predicted molar refractivity (Wildman–Crippen MR) is 71.8 cm³/mol. The summed E-state index contributed by atoms with van der Waals surface area (Å²) in [5, 5.41) is 10.3. The monoisotopic (exact) mass is 273 g/mol. The Morgan fingerprint density at radius 1 is 1.37 bits per heavy atom. The highest BCUT2D eigenvalue weighted by molar-refractivity contribution is 7.99. The minimum absolute atomic E-state index is 0.00404. The Kier molecular flexibility index (Phi) is 2.96. The highest BCUT2D eigenvalue weighted by Gasteiger charge is 2.25. The number of carbonyl (C=O) groups excluding carboxylic acids is 1. The van der Waals surface area contributed by atoms with E-state index in [1.165, 1.54) is 18.7 Å². The first kappa shape index (κ1) is 12.1. The number of fused-ring (bicyclic) bond motifs is 2. The number of aliphatic hydroxyl groups is 1. The molecule has 0 saturated heterocycles. The molecule has 1 aromatic heterocycles. The molecule has 0 unspecified atom stereocenters. The normalized spacial score (nSPS) is 12.8. The third kappa shape index (κ3) is 1.98. The topological polar surface area (TPSA) is 66.3 Å². The summed E-state index contributed by atoms with van der Waals surface area (Å²) in [5.74, 6) is 0.610. The summed E-state index contributed by atoms with van der Waals surface area (Å²) >= 11 is 1.48. The summed E-state index contributed by atoms with van der Waals surface area (Å²) in [5.41, 5.74) is 1.40. The van der Waals surface area contributed by atoms with Crippen molar-refractivity contribution in [3.05, 3.63) is 36.2 Å². The zero-order valence-electron chi connectivity index (χ0n) is 10.2. The fourth-order valence-corrected chi connectivity index (χ4v) is 2.96. The minimum Gasteiger partial charge on any atom is -0.376 e. The molecule has 0 atom stereocenters. The number of aromatic nitrogens is 2. The first-order chi connectivity index (χ1) is 9.20. The molecule has 6 heteroatoms. The van der Waals surface area contributed by atoms with Gasteiger partial charge < -0.3 is 5.11 Å². The zero-order valence-corrected chi connectivity index (χ0v) is 11.0. The van der Waals surface area contributed by atoms with Gasteiger partial charge in [-0.1, -0.05) is 17.8 Å². The van der Waals surface area contributed by atoms with E-state index in [1.807, 2.05) is 6.07 Å². The summed E-state index contributed by atoms with van der Waals surface area (Å²) < 4.78 is 0. The highest BCUT2D eigenvalue weighted by atomic mass is 32.2. The van der Waals surface area contributed by atoms with Gasteiger partial charge in [-0.25, -0.2) is 9.97 Å². The Morgan fingerprint density at radius 2 is 2.16 bits per heavy atom. The third-order valence-corrected chi connectivity index (χ3v) is 3.95. The summed E-state index contributed by atoms with van der Waals surface area (Å²) in [6.45, 7) is 1.31. The van der Waals surface area contributed by atoms with E-state index in [-0.39, 0.29) is 12.5 Å². The minimum atomic E-state index is -0.208. The van der Waals surface area contributed by atoms with Crippen LogP contribution in [0.2, 0.25) is 0 Å². The number of benzene rings is 1. The first-order valence-electron chi connectivity index (χ1n) is 5.73. The molecule has 0 saturated carbocycles. The van der Waals surface area contributed by atoms with E-state index in [4.69, 9.17) is 0 Å². The van der Waals surface area contributed by atoms with Crippen molar-refractivity contribution in [2.45, 2.75) is 16.8 Å². The Labute approximate surface area is 114 Å². The van der Waals surface area contributed by atoms with Crippen LogP contribution in [-0.2, 0) is 0 Å². The van der Waals surface area contributed by atoms with E-state index < -0.39 is 0 Å². The van der Waals surface area contributed by atoms with Crippen molar-refractivity contribution in [3.63, 3.8) is 0 Å². The van der Waals surface area contributed by atoms with Crippen LogP contribution in [0.3, 0.4) is 0 Å². The number of hydrogen-bond acceptors (Lipinski definition) is 6. The number of anilines is 2. The van der Waals surface area contributed by atoms with Crippen molar-refractivity contribution < 1.29 is 9.90 Å². The average molecular weight is 273 g/mol. The summed E-state index contributed by atoms with van der Waals surface area (Å²) in [6.07, 6.45) is 3.21. The van der Waals surface area contributed by atoms with E-state index in [1.54, 1.807) is 29.4 Å². The lowest BCUT2D eigenvalue weighted by Gasteiger charge is -2.29. The van der Waals surface area contributed by atoms with E-state index in [0.717, 1.165) is 15.6 Å². The summed E-state index contributed by atoms with van der Waals surface area (Å²) in [6, 6.07) is 5.43. The second kappa shape index (κ2) is 4.64. The van der Waals surface area contributed by atoms with Crippen molar-refractivity contribution in [1.29, 1.82) is 0 Å². The molecule has 1 aromatic carbocycles. The van der Waals surface area contributed by atoms with Gasteiger partial charge in [-0.15, -0.1) is 0 Å². The smallest absolute Gasteiger partial charge is 0.168 e. The number of nitrogens with zero attached hydrogens (tertiary/aromatic N) is 3. The van der Waals surface area contributed by atoms with Crippen LogP contribution in [0.15, 0.2) is 40.5 Å². The van der Waals surface area contributed by atoms with Gasteiger partial charge in [-0.05, 0) is 19.1 Å². The largest absolute Gasteiger partial charge is 0.376 e. The highest BCUT2D eigenvalue weighted by Crippen LogP contribution is 2.45. The molecule has 19 heavy (non-hydrogen) atoms. The van der Waals surface area contributed by atoms with Crippen LogP contribution in [0.1, 0.15) is 17.3 Å². The van der Waals surface area contributed by atoms with Crippen LogP contribution >= 0.6 is 11.8 Å². The first-order valence-corrected chi connectivity index (χ1v) is 6.54. The number of ketones is 1. The molecule has 0 radical (unpaired) electrons. The van der Waals surface area contributed by atoms with Gasteiger partial charge in [0.1, 0.15) is 11.8 Å². The Bertz CT molecular complexity index is 660. The lowest BCUT2D eigenvalue weighted by atomic mass is 10.1. The molecule has 96 valence electrons. The Morgan fingerprint density at radius 3 is 2.89 bits per heavy atom. The molecule has 5 nitrogen and oxygen atoms in total. The second-order valence-corrected chi connectivity index (χ2v) is 5.13. The van der Waals surface area contributed by atoms with Gasteiger partial charge in [0.2, 0.25) is 0 Å². The van der Waals surface area contributed by atoms with Crippen molar-refractivity contribution in [2.75, 3.05) is 11.6 Å². The van der Waals surface area contributed by atoms with Gasteiger partial charge in [-0.2, -0.15) is 0 Å². The van der Waals surface area contributed by atoms with Gasteiger partial charge in [0, 0.05) is 22.9 Å². The van der Waals surface area contributed by atoms with Crippen molar-refractivity contribution in [1.82, 2.24) is 9.97 Å². The maximum Gasteiger partial charge on any atom is 0.168 e. The molecule has 0 fully saturated rings. The fraction of sp³-hybridized carbons (Fsp3) is 0.154. The molecular formula is C13H11N3O2S. The summed E-state index contributed by atoms with van der Waals surface area (Å²) in [4.78, 5) is 22.6. The number of carbonyl (C=O) groups is 1. The Hall–Kier alpha value is -1.92. The molecule has 1 N–H and O–H groups in total. The lowest BCUT2D eigenvalue weighted by Crippen LogP contribution is -2.23. The molecule has 2 aromatic rings. The standard InChI is InChI=1S/C13H11N3O2S/c1-8(18)9-2-3-11-10(6-9)16(7-17)12-13(19-11)15-5-4-14-12/h2-6,17H,7H2,1H3. The number of rotatable bonds is 2. The van der Waals surface area contributed by atoms with Crippen LogP contribution in [-0.4, -0.2) is 27.6 Å². The van der Waals surface area contributed by atoms with Gasteiger partial charge in [0.15, 0.2) is 11.6 Å². The zero-order chi connectivity index (χ0) is 13.4. The molecule has 0 bridgehead atoms. The molecular weight excluding hydrogens is 262 g/mol. The second-order valence-electron chi connectivity index (χ2n) is 4.10. The van der Waals surface area contributed by atoms with Crippen LogP contribution < -0.4 is 4.90 Å². The fourth-order valence-electron chi connectivity index (χ4n) is 1.97. The quantitative estimate of drug-likeness (QED) is 0.846. The van der Waals surface area contributed by atoms with Gasteiger partial charge in [0.25, 0.3) is 0 Å². The van der Waals surface area contributed by atoms with Crippen LogP contribution in [0.4, 0.5) is 11.5 Å². The van der Waals surface area contributed by atoms with E-state index >= 15 is 0 Å². The molecule has 2 heterocycles. The van der Waals surface area contributed by atoms with Crippen molar-refractivity contribution >= 4 is 29.1 Å². The van der Waals surface area contributed by atoms with E-state index in [9.17, 15) is 9.90 Å². The van der Waals surface area contributed by atoms with E-state index in [0.29, 0.717) is 11.4 Å². The van der Waals surface area contributed by atoms with E-state index in [2.05, 4.69) is 9.97 Å². The molecule has 0 amide bonds. The van der Waals surface area contributed by atoms with Gasteiger partial charge in [-0.3, -0.25) is 9.69 Å². The molecule has 3 rings (SSSR count). The summed E-state index contributed by atoms with van der Waals surface area (Å²) in [7, 11) is 0. The average Bonchev–Trinajstić information content (AvgIpc) is 2.44. The molecule has 0 spiro atoms. The maximum absolute atomic E-state index is 11.5. The number of hydrogen-bond donors (Lipinski definition) is 1. The maximum atomic E-state index is 11.5. The number of Topliss-reactive ketones (excluding diaryl/α,β-unsaturated/α-hetero) is 1. The van der Waals surface area contributed by atoms with Crippen LogP contribution in [0, 0.1) is 0 Å². The SMILES string of the molecule is CC(=O)c1ccc2c(c1)N(CO)c1nccnc1S2. The van der Waals surface area contributed by atoms with Crippen LogP contribution in [0.5, 0.6) is 0 Å². The molecule has 1 aliphatic heterocycles. The van der Waals surface area contributed by atoms with Gasteiger partial charge >= 0.3 is 0 Å². The van der Waals surface area contributed by atoms with Crippen molar-refractivity contribution in [2.24, 2.45) is 0 Å². The lowest BCUT2D eigenvalue weighted by molar-refractivity contribution is 0.101. The van der Waals surface area contributed by atoms with Crippen LogP contribution in [0.25, 0.3) is 0 Å².